The summed E-state index contributed by atoms with van der Waals surface area (Å²) in [6.07, 6.45) is 3.46. The summed E-state index contributed by atoms with van der Waals surface area (Å²) in [5.74, 6) is 0. The summed E-state index contributed by atoms with van der Waals surface area (Å²) >= 11 is -1.60. The molecule has 1 aliphatic rings. The predicted octanol–water partition coefficient (Wildman–Crippen LogP) is 0.629. The maximum atomic E-state index is 10.7. The molecule has 0 amide bonds. The average Bonchev–Trinajstić information content (AvgIpc) is 2.06. The molecule has 1 saturated heterocycles. The number of hydrogen-bond acceptors (Lipinski definition) is 4. The first kappa shape index (κ1) is 9.12. The molecule has 5 heteroatoms. The molecule has 4 nitrogen and oxygen atoms in total. The molecular weight excluding hydrogens is 166 g/mol. The van der Waals surface area contributed by atoms with Crippen LogP contribution in [0.5, 0.6) is 0 Å². The largest absolute Gasteiger partial charge is 0.322 e. The molecule has 1 unspecified atom stereocenters. The van der Waals surface area contributed by atoms with Gasteiger partial charge in [-0.2, -0.15) is 13.6 Å². The van der Waals surface area contributed by atoms with Crippen LogP contribution in [0.3, 0.4) is 0 Å². The van der Waals surface area contributed by atoms with E-state index in [1.165, 1.54) is 13.5 Å². The van der Waals surface area contributed by atoms with E-state index in [0.717, 1.165) is 25.9 Å². The molecule has 0 saturated carbocycles. The van der Waals surface area contributed by atoms with E-state index >= 15 is 0 Å². The van der Waals surface area contributed by atoms with Crippen molar-refractivity contribution < 1.29 is 12.7 Å². The summed E-state index contributed by atoms with van der Waals surface area (Å²) in [6, 6.07) is 0. The lowest BCUT2D eigenvalue weighted by molar-refractivity contribution is -0.0682. The lowest BCUT2D eigenvalue weighted by Crippen LogP contribution is -2.30. The first-order valence-electron chi connectivity index (χ1n) is 3.72. The Bertz CT molecular complexity index is 136. The first-order valence-corrected chi connectivity index (χ1v) is 4.72. The number of rotatable bonds is 3. The molecule has 1 rings (SSSR count). The third kappa shape index (κ3) is 3.29. The first-order chi connectivity index (χ1) is 5.33. The summed E-state index contributed by atoms with van der Waals surface area (Å²) in [7, 11) is 1.36. The molecule has 0 aromatic heterocycles. The minimum atomic E-state index is -1.60. The number of hydrogen-bond donors (Lipinski definition) is 0. The molecule has 66 valence electrons. The maximum Gasteiger partial charge on any atom is 0.322 e. The number of nitrogens with zero attached hydrogens (tertiary/aromatic N) is 1. The van der Waals surface area contributed by atoms with Gasteiger partial charge >= 0.3 is 11.4 Å². The molecule has 0 N–H and O–H groups in total. The van der Waals surface area contributed by atoms with E-state index in [4.69, 9.17) is 4.28 Å². The van der Waals surface area contributed by atoms with Crippen LogP contribution in [0.15, 0.2) is 0 Å². The van der Waals surface area contributed by atoms with E-state index in [0.29, 0.717) is 0 Å². The molecule has 1 atom stereocenters. The minimum Gasteiger partial charge on any atom is -0.271 e. The van der Waals surface area contributed by atoms with Crippen molar-refractivity contribution in [2.24, 2.45) is 0 Å². The van der Waals surface area contributed by atoms with E-state index < -0.39 is 11.4 Å². The van der Waals surface area contributed by atoms with Crippen LogP contribution in [0.4, 0.5) is 0 Å². The monoisotopic (exact) mass is 179 g/mol. The van der Waals surface area contributed by atoms with Crippen molar-refractivity contribution in [2.75, 3.05) is 20.2 Å². The summed E-state index contributed by atoms with van der Waals surface area (Å²) in [4.78, 5) is 0. The number of piperidine rings is 1. The van der Waals surface area contributed by atoms with Crippen molar-refractivity contribution >= 4 is 11.4 Å². The second-order valence-electron chi connectivity index (χ2n) is 2.44. The summed E-state index contributed by atoms with van der Waals surface area (Å²) in [5, 5.41) is 1.70. The standard InChI is InChI=1S/C6H13NO3S/c1-9-11(8)10-7-5-3-2-4-6-7/h2-6H2,1H3. The zero-order valence-corrected chi connectivity index (χ0v) is 7.43. The molecule has 1 heterocycles. The zero-order chi connectivity index (χ0) is 8.10. The van der Waals surface area contributed by atoms with E-state index in [2.05, 4.69) is 4.18 Å². The summed E-state index contributed by atoms with van der Waals surface area (Å²) in [6.45, 7) is 1.71. The highest BCUT2D eigenvalue weighted by atomic mass is 32.2. The molecule has 0 bridgehead atoms. The van der Waals surface area contributed by atoms with Gasteiger partial charge in [-0.1, -0.05) is 6.42 Å². The highest BCUT2D eigenvalue weighted by Crippen LogP contribution is 2.09. The molecule has 0 aliphatic carbocycles. The Labute approximate surface area is 69.3 Å². The van der Waals surface area contributed by atoms with Gasteiger partial charge in [0.05, 0.1) is 7.11 Å². The molecule has 11 heavy (non-hydrogen) atoms. The van der Waals surface area contributed by atoms with Gasteiger partial charge < -0.3 is 0 Å². The van der Waals surface area contributed by atoms with E-state index in [1.807, 2.05) is 0 Å². The molecule has 1 fully saturated rings. The van der Waals surface area contributed by atoms with Crippen molar-refractivity contribution in [2.45, 2.75) is 19.3 Å². The molecule has 0 radical (unpaired) electrons. The van der Waals surface area contributed by atoms with Crippen molar-refractivity contribution in [3.8, 4) is 0 Å². The molecule has 0 spiro atoms. The highest BCUT2D eigenvalue weighted by Gasteiger charge is 2.13. The van der Waals surface area contributed by atoms with Crippen molar-refractivity contribution in [3.05, 3.63) is 0 Å². The van der Waals surface area contributed by atoms with E-state index in [1.54, 1.807) is 5.06 Å². The topological polar surface area (TPSA) is 38.8 Å². The molecule has 0 aromatic rings. The Balaban J connectivity index is 2.19. The van der Waals surface area contributed by atoms with Gasteiger partial charge in [-0.25, -0.2) is 0 Å². The van der Waals surface area contributed by atoms with E-state index in [-0.39, 0.29) is 0 Å². The summed E-state index contributed by atoms with van der Waals surface area (Å²) < 4.78 is 20.1. The van der Waals surface area contributed by atoms with Crippen LogP contribution < -0.4 is 0 Å². The Hall–Kier alpha value is 0.0300. The Morgan fingerprint density at radius 2 is 1.91 bits per heavy atom. The normalized spacial score (nSPS) is 23.4. The Morgan fingerprint density at radius 3 is 2.45 bits per heavy atom. The van der Waals surface area contributed by atoms with Crippen molar-refractivity contribution in [3.63, 3.8) is 0 Å². The van der Waals surface area contributed by atoms with Gasteiger partial charge in [0.1, 0.15) is 0 Å². The fourth-order valence-corrected chi connectivity index (χ4v) is 1.44. The van der Waals surface area contributed by atoms with Crippen molar-refractivity contribution in [1.82, 2.24) is 5.06 Å². The third-order valence-electron chi connectivity index (χ3n) is 1.62. The van der Waals surface area contributed by atoms with Crippen LogP contribution in [0.1, 0.15) is 19.3 Å². The van der Waals surface area contributed by atoms with Gasteiger partial charge in [-0.3, -0.25) is 4.18 Å². The van der Waals surface area contributed by atoms with Gasteiger partial charge in [0.15, 0.2) is 0 Å². The van der Waals surface area contributed by atoms with Crippen LogP contribution in [-0.4, -0.2) is 29.5 Å². The van der Waals surface area contributed by atoms with Gasteiger partial charge in [0.25, 0.3) is 0 Å². The Morgan fingerprint density at radius 1 is 1.27 bits per heavy atom. The molecular formula is C6H13NO3S. The van der Waals surface area contributed by atoms with Gasteiger partial charge in [-0.05, 0) is 12.8 Å². The van der Waals surface area contributed by atoms with Crippen LogP contribution in [0, 0.1) is 0 Å². The molecule has 0 aromatic carbocycles. The third-order valence-corrected chi connectivity index (χ3v) is 2.22. The van der Waals surface area contributed by atoms with Crippen LogP contribution in [-0.2, 0) is 19.8 Å². The Kier molecular flexibility index (Phi) is 3.99. The zero-order valence-electron chi connectivity index (χ0n) is 6.62. The van der Waals surface area contributed by atoms with Crippen LogP contribution >= 0.6 is 0 Å². The summed E-state index contributed by atoms with van der Waals surface area (Å²) in [5.41, 5.74) is 0. The quantitative estimate of drug-likeness (QED) is 0.637. The average molecular weight is 179 g/mol. The lowest BCUT2D eigenvalue weighted by Gasteiger charge is -2.23. The lowest BCUT2D eigenvalue weighted by atomic mass is 10.2. The van der Waals surface area contributed by atoms with Crippen molar-refractivity contribution in [1.29, 1.82) is 0 Å². The fourth-order valence-electron chi connectivity index (χ4n) is 1.06. The second-order valence-corrected chi connectivity index (χ2v) is 3.33. The molecule has 1 aliphatic heterocycles. The van der Waals surface area contributed by atoms with Gasteiger partial charge in [0.2, 0.25) is 0 Å². The number of hydroxylamine groups is 2. The maximum absolute atomic E-state index is 10.7. The minimum absolute atomic E-state index is 0.856. The highest BCUT2D eigenvalue weighted by molar-refractivity contribution is 7.75. The SMILES string of the molecule is COS(=O)ON1CCCCC1. The van der Waals surface area contributed by atoms with E-state index in [9.17, 15) is 4.21 Å². The fraction of sp³-hybridized carbons (Fsp3) is 1.00. The predicted molar refractivity (Wildman–Crippen MR) is 41.7 cm³/mol. The van der Waals surface area contributed by atoms with Crippen LogP contribution in [0.25, 0.3) is 0 Å². The van der Waals surface area contributed by atoms with Gasteiger partial charge in [0, 0.05) is 13.1 Å². The van der Waals surface area contributed by atoms with Gasteiger partial charge in [-0.15, -0.1) is 0 Å². The smallest absolute Gasteiger partial charge is 0.271 e. The van der Waals surface area contributed by atoms with Crippen LogP contribution in [0.2, 0.25) is 0 Å². The second kappa shape index (κ2) is 4.82.